The number of hydrogen-bond acceptors (Lipinski definition) is 3. The molecule has 0 aromatic heterocycles. The van der Waals surface area contributed by atoms with Crippen LogP contribution >= 0.6 is 8.58 Å². The van der Waals surface area contributed by atoms with E-state index in [0.717, 1.165) is 38.2 Å². The van der Waals surface area contributed by atoms with Crippen LogP contribution in [-0.4, -0.2) is 31.9 Å². The highest BCUT2D eigenvalue weighted by Crippen LogP contribution is 2.49. The zero-order chi connectivity index (χ0) is 22.1. The molecule has 0 saturated carbocycles. The van der Waals surface area contributed by atoms with Crippen molar-refractivity contribution in [2.75, 3.05) is 27.0 Å². The van der Waals surface area contributed by atoms with Crippen molar-refractivity contribution in [3.05, 3.63) is 58.7 Å². The highest BCUT2D eigenvalue weighted by molar-refractivity contribution is 7.48. The summed E-state index contributed by atoms with van der Waals surface area (Å²) < 4.78 is 11.2. The average molecular weight is 430 g/mol. The van der Waals surface area contributed by atoms with Gasteiger partial charge in [-0.15, -0.1) is 0 Å². The van der Waals surface area contributed by atoms with E-state index in [-0.39, 0.29) is 11.9 Å². The Kier molecular flexibility index (Phi) is 9.81. The summed E-state index contributed by atoms with van der Waals surface area (Å²) in [5.74, 6) is 0.949. The van der Waals surface area contributed by atoms with Gasteiger partial charge in [-0.25, -0.2) is 0 Å². The zero-order valence-electron chi connectivity index (χ0n) is 20.0. The normalized spacial score (nSPS) is 13.9. The smallest absolute Gasteiger partial charge is 0.188 e. The summed E-state index contributed by atoms with van der Waals surface area (Å²) in [6.07, 6.45) is 2.26. The Labute approximate surface area is 185 Å². The Bertz CT molecular complexity index is 804. The van der Waals surface area contributed by atoms with Gasteiger partial charge in [-0.1, -0.05) is 78.6 Å². The fourth-order valence-electron chi connectivity index (χ4n) is 4.09. The molecular formula is C26H40NO2P. The molecule has 0 spiro atoms. The molecule has 0 heterocycles. The van der Waals surface area contributed by atoms with Crippen LogP contribution in [0.25, 0.3) is 0 Å². The van der Waals surface area contributed by atoms with Crippen molar-refractivity contribution in [1.29, 1.82) is 0 Å². The van der Waals surface area contributed by atoms with E-state index in [0.29, 0.717) is 8.58 Å². The van der Waals surface area contributed by atoms with E-state index in [9.17, 15) is 0 Å². The van der Waals surface area contributed by atoms with Gasteiger partial charge in [0.2, 0.25) is 0 Å². The predicted octanol–water partition coefficient (Wildman–Crippen LogP) is 6.15. The van der Waals surface area contributed by atoms with Crippen LogP contribution in [-0.2, 0) is 16.4 Å². The van der Waals surface area contributed by atoms with Gasteiger partial charge in [0, 0.05) is 24.4 Å². The number of aryl methyl sites for hydroxylation is 2. The molecular weight excluding hydrogens is 389 g/mol. The first kappa shape index (κ1) is 24.9. The summed E-state index contributed by atoms with van der Waals surface area (Å²) in [6, 6.07) is 13.3. The van der Waals surface area contributed by atoms with Gasteiger partial charge < -0.3 is 9.47 Å². The minimum atomic E-state index is 0.0218. The molecule has 0 saturated heterocycles. The van der Waals surface area contributed by atoms with Gasteiger partial charge in [0.05, 0.1) is 0 Å². The monoisotopic (exact) mass is 429 g/mol. The van der Waals surface area contributed by atoms with Gasteiger partial charge in [-0.05, 0) is 55.9 Å². The topological polar surface area (TPSA) is 21.7 Å². The molecule has 2 aromatic carbocycles. The number of methoxy groups -OCH3 is 1. The van der Waals surface area contributed by atoms with Crippen molar-refractivity contribution in [2.45, 2.75) is 66.1 Å². The lowest BCUT2D eigenvalue weighted by Crippen LogP contribution is -2.28. The summed E-state index contributed by atoms with van der Waals surface area (Å²) in [5, 5.41) is 1.54. The van der Waals surface area contributed by atoms with E-state index in [1.165, 1.54) is 27.6 Å². The molecule has 2 aromatic rings. The third-order valence-electron chi connectivity index (χ3n) is 5.86. The molecule has 0 aliphatic heterocycles. The van der Waals surface area contributed by atoms with Crippen LogP contribution in [0.2, 0.25) is 0 Å². The van der Waals surface area contributed by atoms with Crippen LogP contribution in [0.4, 0.5) is 0 Å². The summed E-state index contributed by atoms with van der Waals surface area (Å²) in [5.41, 5.74) is 5.44. The van der Waals surface area contributed by atoms with Crippen molar-refractivity contribution < 1.29 is 9.47 Å². The Hall–Kier alpha value is -1.41. The second-order valence-corrected chi connectivity index (χ2v) is 10.2. The maximum atomic E-state index is 6.01. The van der Waals surface area contributed by atoms with Crippen LogP contribution in [0.1, 0.15) is 62.8 Å². The van der Waals surface area contributed by atoms with Crippen molar-refractivity contribution in [1.82, 2.24) is 4.90 Å². The van der Waals surface area contributed by atoms with Crippen molar-refractivity contribution in [3.8, 4) is 5.75 Å². The van der Waals surface area contributed by atoms with Gasteiger partial charge in [0.1, 0.15) is 5.75 Å². The summed E-state index contributed by atoms with van der Waals surface area (Å²) >= 11 is 0. The number of nitrogens with zero attached hydrogens (tertiary/aromatic N) is 1. The molecule has 0 bridgehead atoms. The lowest BCUT2D eigenvalue weighted by atomic mass is 9.93. The maximum Gasteiger partial charge on any atom is 0.188 e. The minimum absolute atomic E-state index is 0.0218. The summed E-state index contributed by atoms with van der Waals surface area (Å²) in [6.45, 7) is 17.1. The SMILES string of the molecule is CCCC(C)(Pc1c(C)cccc1CN(CC)CC)c1cc(C)ccc1OCOC. The standard InChI is InChI=1S/C26H40NO2P/c1-8-16-26(6,23-17-20(4)14-15-24(23)29-19-28-7)30-25-21(5)12-11-13-22(25)18-27(9-2)10-3/h11-15,17,30H,8-10,16,18-19H2,1-7H3. The number of ether oxygens (including phenoxy) is 2. The van der Waals surface area contributed by atoms with E-state index >= 15 is 0 Å². The third kappa shape index (κ3) is 6.30. The Morgan fingerprint density at radius 3 is 2.40 bits per heavy atom. The number of hydrogen-bond donors (Lipinski definition) is 0. The molecule has 2 rings (SSSR count). The van der Waals surface area contributed by atoms with E-state index in [4.69, 9.17) is 9.47 Å². The molecule has 0 aliphatic rings. The fourth-order valence-corrected chi connectivity index (χ4v) is 5.95. The largest absolute Gasteiger partial charge is 0.467 e. The van der Waals surface area contributed by atoms with Crippen LogP contribution < -0.4 is 10.0 Å². The molecule has 30 heavy (non-hydrogen) atoms. The second kappa shape index (κ2) is 11.8. The predicted molar refractivity (Wildman–Crippen MR) is 132 cm³/mol. The van der Waals surface area contributed by atoms with Crippen LogP contribution in [0.5, 0.6) is 5.75 Å². The first-order valence-corrected chi connectivity index (χ1v) is 12.2. The maximum absolute atomic E-state index is 6.01. The summed E-state index contributed by atoms with van der Waals surface area (Å²) in [7, 11) is 2.36. The first-order valence-electron chi connectivity index (χ1n) is 11.2. The highest BCUT2D eigenvalue weighted by Gasteiger charge is 2.31. The van der Waals surface area contributed by atoms with Crippen LogP contribution in [0.15, 0.2) is 36.4 Å². The van der Waals surface area contributed by atoms with Gasteiger partial charge in [-0.3, -0.25) is 4.90 Å². The number of rotatable bonds is 12. The van der Waals surface area contributed by atoms with Gasteiger partial charge in [-0.2, -0.15) is 0 Å². The Morgan fingerprint density at radius 1 is 1.03 bits per heavy atom. The van der Waals surface area contributed by atoms with E-state index in [2.05, 4.69) is 82.8 Å². The van der Waals surface area contributed by atoms with Gasteiger partial charge in [0.25, 0.3) is 0 Å². The molecule has 4 heteroatoms. The second-order valence-electron chi connectivity index (χ2n) is 8.33. The quantitative estimate of drug-likeness (QED) is 0.298. The molecule has 0 N–H and O–H groups in total. The minimum Gasteiger partial charge on any atom is -0.467 e. The van der Waals surface area contributed by atoms with Crippen molar-refractivity contribution >= 4 is 13.9 Å². The molecule has 166 valence electrons. The lowest BCUT2D eigenvalue weighted by molar-refractivity contribution is 0.0500. The van der Waals surface area contributed by atoms with Crippen LogP contribution in [0, 0.1) is 13.8 Å². The van der Waals surface area contributed by atoms with Crippen molar-refractivity contribution in [2.24, 2.45) is 0 Å². The number of benzene rings is 2. The van der Waals surface area contributed by atoms with E-state index < -0.39 is 0 Å². The van der Waals surface area contributed by atoms with Crippen molar-refractivity contribution in [3.63, 3.8) is 0 Å². The fraction of sp³-hybridized carbons (Fsp3) is 0.538. The summed E-state index contributed by atoms with van der Waals surface area (Å²) in [4.78, 5) is 2.50. The molecule has 2 atom stereocenters. The molecule has 0 aliphatic carbocycles. The molecule has 0 radical (unpaired) electrons. The Morgan fingerprint density at radius 2 is 1.77 bits per heavy atom. The molecule has 0 fully saturated rings. The van der Waals surface area contributed by atoms with Gasteiger partial charge >= 0.3 is 0 Å². The van der Waals surface area contributed by atoms with Gasteiger partial charge in [0.15, 0.2) is 6.79 Å². The molecule has 3 nitrogen and oxygen atoms in total. The molecule has 2 unspecified atom stereocenters. The molecule has 0 amide bonds. The first-order chi connectivity index (χ1) is 14.4. The Balaban J connectivity index is 2.51. The van der Waals surface area contributed by atoms with E-state index in [1.807, 2.05) is 0 Å². The third-order valence-corrected chi connectivity index (χ3v) is 7.90. The lowest BCUT2D eigenvalue weighted by Gasteiger charge is -2.34. The zero-order valence-corrected chi connectivity index (χ0v) is 21.0. The average Bonchev–Trinajstić information content (AvgIpc) is 2.73. The van der Waals surface area contributed by atoms with E-state index in [1.54, 1.807) is 7.11 Å². The van der Waals surface area contributed by atoms with Crippen LogP contribution in [0.3, 0.4) is 0 Å². The highest BCUT2D eigenvalue weighted by atomic mass is 31.1.